The van der Waals surface area contributed by atoms with E-state index < -0.39 is 11.9 Å². The number of hydrogen-bond acceptors (Lipinski definition) is 6. The molecule has 6 nitrogen and oxygen atoms in total. The number of esters is 2. The molecule has 0 bridgehead atoms. The molecule has 1 rings (SSSR count). The second-order valence-electron chi connectivity index (χ2n) is 3.14. The average Bonchev–Trinajstić information content (AvgIpc) is 2.35. The highest BCUT2D eigenvalue weighted by molar-refractivity contribution is 5.95. The van der Waals surface area contributed by atoms with Crippen molar-refractivity contribution >= 4 is 11.9 Å². The number of rotatable bonds is 3. The fourth-order valence-corrected chi connectivity index (χ4v) is 1.36. The third kappa shape index (κ3) is 3.23. The van der Waals surface area contributed by atoms with Crippen LogP contribution in [-0.2, 0) is 23.8 Å². The molecule has 1 aliphatic heterocycles. The van der Waals surface area contributed by atoms with Gasteiger partial charge in [0.2, 0.25) is 0 Å². The fourth-order valence-electron chi connectivity index (χ4n) is 1.36. The number of nitrogens with zero attached hydrogens (tertiary/aromatic N) is 1. The van der Waals surface area contributed by atoms with Crippen molar-refractivity contribution in [1.29, 1.82) is 0 Å². The Balaban J connectivity index is 2.81. The summed E-state index contributed by atoms with van der Waals surface area (Å²) in [5, 5.41) is 0. The van der Waals surface area contributed by atoms with Gasteiger partial charge >= 0.3 is 11.9 Å². The molecule has 6 heteroatoms. The van der Waals surface area contributed by atoms with E-state index in [0.717, 1.165) is 6.08 Å². The topological polar surface area (TPSA) is 65.1 Å². The maximum atomic E-state index is 11.5. The van der Waals surface area contributed by atoms with Gasteiger partial charge in [-0.15, -0.1) is 0 Å². The molecular formula is C10H15NO5. The predicted octanol–water partition coefficient (Wildman–Crippen LogP) is -0.451. The number of methoxy groups -OCH3 is 2. The third-order valence-electron chi connectivity index (χ3n) is 2.20. The van der Waals surface area contributed by atoms with Crippen LogP contribution in [0.3, 0.4) is 0 Å². The average molecular weight is 229 g/mol. The van der Waals surface area contributed by atoms with Gasteiger partial charge in [0, 0.05) is 13.1 Å². The molecule has 90 valence electrons. The molecule has 1 fully saturated rings. The van der Waals surface area contributed by atoms with Crippen LogP contribution in [0.5, 0.6) is 0 Å². The van der Waals surface area contributed by atoms with Crippen LogP contribution in [-0.4, -0.2) is 57.4 Å². The van der Waals surface area contributed by atoms with Crippen molar-refractivity contribution in [2.45, 2.75) is 0 Å². The first-order chi connectivity index (χ1) is 7.69. The summed E-state index contributed by atoms with van der Waals surface area (Å²) >= 11 is 0. The first-order valence-corrected chi connectivity index (χ1v) is 4.89. The van der Waals surface area contributed by atoms with Crippen molar-refractivity contribution in [3.05, 3.63) is 11.8 Å². The van der Waals surface area contributed by atoms with E-state index in [1.165, 1.54) is 14.2 Å². The van der Waals surface area contributed by atoms with Crippen LogP contribution in [0.25, 0.3) is 0 Å². The predicted molar refractivity (Wildman–Crippen MR) is 54.5 cm³/mol. The van der Waals surface area contributed by atoms with Gasteiger partial charge in [-0.25, -0.2) is 9.59 Å². The molecule has 0 unspecified atom stereocenters. The zero-order valence-electron chi connectivity index (χ0n) is 9.39. The lowest BCUT2D eigenvalue weighted by Crippen LogP contribution is -2.38. The molecule has 0 amide bonds. The Hall–Kier alpha value is -1.56. The first kappa shape index (κ1) is 12.5. The van der Waals surface area contributed by atoms with Gasteiger partial charge in [-0.2, -0.15) is 0 Å². The summed E-state index contributed by atoms with van der Waals surface area (Å²) in [5.74, 6) is -1.13. The van der Waals surface area contributed by atoms with E-state index >= 15 is 0 Å². The van der Waals surface area contributed by atoms with Crippen LogP contribution in [0.15, 0.2) is 11.8 Å². The molecule has 1 saturated heterocycles. The summed E-state index contributed by atoms with van der Waals surface area (Å²) in [7, 11) is 2.53. The SMILES string of the molecule is COC(=O)/C=C(/C(=O)OC)N1CCOCC1. The summed E-state index contributed by atoms with van der Waals surface area (Å²) in [6.07, 6.45) is 1.14. The largest absolute Gasteiger partial charge is 0.466 e. The van der Waals surface area contributed by atoms with Gasteiger partial charge < -0.3 is 19.1 Å². The van der Waals surface area contributed by atoms with Crippen molar-refractivity contribution in [1.82, 2.24) is 4.90 Å². The minimum absolute atomic E-state index is 0.206. The van der Waals surface area contributed by atoms with Gasteiger partial charge in [0.05, 0.1) is 33.5 Å². The van der Waals surface area contributed by atoms with Gasteiger partial charge in [0.1, 0.15) is 5.70 Å². The smallest absolute Gasteiger partial charge is 0.354 e. The van der Waals surface area contributed by atoms with Crippen LogP contribution in [0.1, 0.15) is 0 Å². The summed E-state index contributed by atoms with van der Waals surface area (Å²) in [4.78, 5) is 24.3. The molecule has 0 N–H and O–H groups in total. The van der Waals surface area contributed by atoms with Gasteiger partial charge in [0.15, 0.2) is 0 Å². The second kappa shape index (κ2) is 6.12. The molecule has 1 aliphatic rings. The first-order valence-electron chi connectivity index (χ1n) is 4.89. The Bertz CT molecular complexity index is 294. The molecular weight excluding hydrogens is 214 g/mol. The molecule has 0 radical (unpaired) electrons. The monoisotopic (exact) mass is 229 g/mol. The maximum Gasteiger partial charge on any atom is 0.354 e. The number of hydrogen-bond donors (Lipinski definition) is 0. The lowest BCUT2D eigenvalue weighted by atomic mass is 10.3. The summed E-state index contributed by atoms with van der Waals surface area (Å²) in [6.45, 7) is 2.15. The Morgan fingerprint density at radius 3 is 2.31 bits per heavy atom. The molecule has 0 spiro atoms. The number of carbonyl (C=O) groups is 2. The van der Waals surface area contributed by atoms with Crippen molar-refractivity contribution < 1.29 is 23.8 Å². The fraction of sp³-hybridized carbons (Fsp3) is 0.600. The molecule has 0 aromatic heterocycles. The molecule has 0 atom stereocenters. The van der Waals surface area contributed by atoms with Crippen LogP contribution in [0, 0.1) is 0 Å². The van der Waals surface area contributed by atoms with Crippen LogP contribution >= 0.6 is 0 Å². The van der Waals surface area contributed by atoms with Gasteiger partial charge in [-0.1, -0.05) is 0 Å². The van der Waals surface area contributed by atoms with Crippen molar-refractivity contribution in [2.24, 2.45) is 0 Å². The zero-order valence-corrected chi connectivity index (χ0v) is 9.39. The van der Waals surface area contributed by atoms with Gasteiger partial charge in [-0.3, -0.25) is 0 Å². The Morgan fingerprint density at radius 2 is 1.81 bits per heavy atom. The van der Waals surface area contributed by atoms with Crippen molar-refractivity contribution in [3.63, 3.8) is 0 Å². The van der Waals surface area contributed by atoms with Crippen molar-refractivity contribution in [3.8, 4) is 0 Å². The van der Waals surface area contributed by atoms with Gasteiger partial charge in [-0.05, 0) is 0 Å². The highest BCUT2D eigenvalue weighted by Gasteiger charge is 2.21. The maximum absolute atomic E-state index is 11.5. The second-order valence-corrected chi connectivity index (χ2v) is 3.14. The van der Waals surface area contributed by atoms with E-state index in [1.54, 1.807) is 4.90 Å². The minimum atomic E-state index is -0.577. The molecule has 16 heavy (non-hydrogen) atoms. The number of carbonyl (C=O) groups excluding carboxylic acids is 2. The Labute approximate surface area is 93.8 Å². The van der Waals surface area contributed by atoms with E-state index in [9.17, 15) is 9.59 Å². The lowest BCUT2D eigenvalue weighted by molar-refractivity contribution is -0.140. The highest BCUT2D eigenvalue weighted by Crippen LogP contribution is 2.09. The third-order valence-corrected chi connectivity index (χ3v) is 2.20. The quantitative estimate of drug-likeness (QED) is 0.482. The Morgan fingerprint density at radius 1 is 1.19 bits per heavy atom. The summed E-state index contributed by atoms with van der Waals surface area (Å²) < 4.78 is 14.3. The van der Waals surface area contributed by atoms with Crippen LogP contribution in [0.2, 0.25) is 0 Å². The van der Waals surface area contributed by atoms with Gasteiger partial charge in [0.25, 0.3) is 0 Å². The minimum Gasteiger partial charge on any atom is -0.466 e. The number of ether oxygens (including phenoxy) is 3. The molecule has 0 aromatic carbocycles. The number of morpholine rings is 1. The van der Waals surface area contributed by atoms with Crippen LogP contribution < -0.4 is 0 Å². The van der Waals surface area contributed by atoms with E-state index in [1.807, 2.05) is 0 Å². The van der Waals surface area contributed by atoms with Crippen molar-refractivity contribution in [2.75, 3.05) is 40.5 Å². The van der Waals surface area contributed by atoms with E-state index in [4.69, 9.17) is 4.74 Å². The normalized spacial score (nSPS) is 16.9. The lowest BCUT2D eigenvalue weighted by Gasteiger charge is -2.29. The standard InChI is InChI=1S/C10H15NO5/c1-14-9(12)7-8(10(13)15-2)11-3-5-16-6-4-11/h7H,3-6H2,1-2H3/b8-7-. The summed E-state index contributed by atoms with van der Waals surface area (Å²) in [5.41, 5.74) is 0.206. The zero-order chi connectivity index (χ0) is 12.0. The highest BCUT2D eigenvalue weighted by atomic mass is 16.5. The Kier molecular flexibility index (Phi) is 4.78. The summed E-state index contributed by atoms with van der Waals surface area (Å²) in [6, 6.07) is 0. The van der Waals surface area contributed by atoms with E-state index in [-0.39, 0.29) is 5.70 Å². The van der Waals surface area contributed by atoms with E-state index in [0.29, 0.717) is 26.3 Å². The molecule has 1 heterocycles. The molecule has 0 aliphatic carbocycles. The van der Waals surface area contributed by atoms with Crippen LogP contribution in [0.4, 0.5) is 0 Å². The molecule has 0 saturated carbocycles. The van der Waals surface area contributed by atoms with E-state index in [2.05, 4.69) is 9.47 Å². The molecule has 0 aromatic rings.